The lowest BCUT2D eigenvalue weighted by Crippen LogP contribution is -2.22. The van der Waals surface area contributed by atoms with Crippen molar-refractivity contribution in [3.63, 3.8) is 0 Å². The van der Waals surface area contributed by atoms with E-state index in [1.165, 1.54) is 12.1 Å². The molecule has 1 N–H and O–H groups in total. The molecule has 0 spiro atoms. The average Bonchev–Trinajstić information content (AvgIpc) is 2.40. The molecule has 6 nitrogen and oxygen atoms in total. The number of rotatable bonds is 9. The molecule has 0 fully saturated rings. The van der Waals surface area contributed by atoms with Crippen LogP contribution in [0, 0.1) is 10.1 Å². The van der Waals surface area contributed by atoms with Crippen molar-refractivity contribution in [3.05, 3.63) is 37.9 Å². The van der Waals surface area contributed by atoms with E-state index >= 15 is 0 Å². The second-order valence-corrected chi connectivity index (χ2v) is 12.7. The third-order valence-electron chi connectivity index (χ3n) is 3.04. The normalized spacial score (nSPS) is 13.0. The molecule has 0 aliphatic carbocycles. The lowest BCUT2D eigenvalue weighted by atomic mass is 10.1. The Morgan fingerprint density at radius 1 is 1.35 bits per heavy atom. The molecule has 130 valence electrons. The molecule has 0 saturated carbocycles. The van der Waals surface area contributed by atoms with Gasteiger partial charge in [0.1, 0.15) is 11.9 Å². The molecule has 1 unspecified atom stereocenters. The van der Waals surface area contributed by atoms with Crippen LogP contribution < -0.4 is 4.74 Å². The predicted molar refractivity (Wildman–Crippen MR) is 92.9 cm³/mol. The highest BCUT2D eigenvalue weighted by atomic mass is 35.5. The maximum absolute atomic E-state index is 10.6. The number of benzene rings is 1. The van der Waals surface area contributed by atoms with Crippen LogP contribution in [-0.2, 0) is 4.74 Å². The summed E-state index contributed by atoms with van der Waals surface area (Å²) in [5.74, 6) is 0.224. The van der Waals surface area contributed by atoms with Gasteiger partial charge in [-0.3, -0.25) is 10.1 Å². The molecule has 1 aromatic rings. The first-order valence-electron chi connectivity index (χ1n) is 7.10. The summed E-state index contributed by atoms with van der Waals surface area (Å²) in [5, 5.41) is 20.8. The fraction of sp³-hybridized carbons (Fsp3) is 0.571. The zero-order valence-corrected chi connectivity index (χ0v) is 15.9. The van der Waals surface area contributed by atoms with Crippen LogP contribution in [0.5, 0.6) is 5.75 Å². The van der Waals surface area contributed by atoms with E-state index in [9.17, 15) is 15.2 Å². The predicted octanol–water partition coefficient (Wildman–Crippen LogP) is 3.99. The minimum atomic E-state index is -1.41. The van der Waals surface area contributed by atoms with Crippen molar-refractivity contribution in [1.82, 2.24) is 0 Å². The van der Waals surface area contributed by atoms with Gasteiger partial charge in [-0.05, 0) is 18.2 Å². The lowest BCUT2D eigenvalue weighted by Gasteiger charge is -2.18. The summed E-state index contributed by atoms with van der Waals surface area (Å²) >= 11 is 12.0. The number of ether oxygens (including phenoxy) is 2. The highest BCUT2D eigenvalue weighted by Gasteiger charge is 2.24. The van der Waals surface area contributed by atoms with Crippen LogP contribution in [0.3, 0.4) is 0 Å². The van der Waals surface area contributed by atoms with E-state index in [1.54, 1.807) is 0 Å². The minimum Gasteiger partial charge on any atom is -0.467 e. The molecule has 1 rings (SSSR count). The molecule has 0 bridgehead atoms. The van der Waals surface area contributed by atoms with Crippen molar-refractivity contribution in [3.8, 4) is 5.75 Å². The van der Waals surface area contributed by atoms with E-state index in [1.807, 2.05) is 0 Å². The number of hydrogen-bond acceptors (Lipinski definition) is 5. The van der Waals surface area contributed by atoms with Gasteiger partial charge >= 0.3 is 0 Å². The summed E-state index contributed by atoms with van der Waals surface area (Å²) in [5.41, 5.74) is 0.102. The van der Waals surface area contributed by atoms with Crippen molar-refractivity contribution in [2.75, 3.05) is 19.9 Å². The van der Waals surface area contributed by atoms with Crippen LogP contribution in [-0.4, -0.2) is 38.0 Å². The van der Waals surface area contributed by atoms with Gasteiger partial charge in [0, 0.05) is 25.2 Å². The Kier molecular flexibility index (Phi) is 7.76. The highest BCUT2D eigenvalue weighted by Crippen LogP contribution is 2.37. The van der Waals surface area contributed by atoms with Gasteiger partial charge in [0.2, 0.25) is 6.54 Å². The third-order valence-corrected chi connectivity index (χ3v) is 5.57. The van der Waals surface area contributed by atoms with Crippen LogP contribution in [0.25, 0.3) is 0 Å². The Hall–Kier alpha value is -0.863. The maximum Gasteiger partial charge on any atom is 0.233 e. The largest absolute Gasteiger partial charge is 0.467 e. The molecule has 0 aliphatic heterocycles. The smallest absolute Gasteiger partial charge is 0.233 e. The van der Waals surface area contributed by atoms with Gasteiger partial charge < -0.3 is 14.6 Å². The first-order valence-corrected chi connectivity index (χ1v) is 11.6. The van der Waals surface area contributed by atoms with Crippen molar-refractivity contribution in [2.24, 2.45) is 0 Å². The number of nitro groups is 1. The van der Waals surface area contributed by atoms with Crippen molar-refractivity contribution >= 4 is 31.3 Å². The summed E-state index contributed by atoms with van der Waals surface area (Å²) in [7, 11) is -1.18. The molecule has 0 saturated heterocycles. The quantitative estimate of drug-likeness (QED) is 0.230. The van der Waals surface area contributed by atoms with Gasteiger partial charge in [-0.2, -0.15) is 0 Å². The van der Waals surface area contributed by atoms with Crippen molar-refractivity contribution < 1.29 is 19.5 Å². The van der Waals surface area contributed by atoms with Crippen LogP contribution in [0.2, 0.25) is 35.7 Å². The van der Waals surface area contributed by atoms with Gasteiger partial charge in [0.25, 0.3) is 0 Å². The summed E-state index contributed by atoms with van der Waals surface area (Å²) in [6.45, 7) is 6.57. The monoisotopic (exact) mass is 381 g/mol. The molecule has 0 aromatic heterocycles. The molecular formula is C14H21Cl2NO5Si. The number of halogens is 2. The maximum atomic E-state index is 10.6. The summed E-state index contributed by atoms with van der Waals surface area (Å²) < 4.78 is 10.9. The summed E-state index contributed by atoms with van der Waals surface area (Å²) in [6.07, 6.45) is -1.41. The third kappa shape index (κ3) is 7.05. The number of aliphatic hydroxyl groups is 1. The molecule has 23 heavy (non-hydrogen) atoms. The molecule has 9 heteroatoms. The van der Waals surface area contributed by atoms with Gasteiger partial charge in [-0.1, -0.05) is 42.8 Å². The lowest BCUT2D eigenvalue weighted by molar-refractivity contribution is -0.491. The molecule has 0 radical (unpaired) electrons. The van der Waals surface area contributed by atoms with E-state index in [0.29, 0.717) is 6.61 Å². The Labute approximate surface area is 146 Å². The molecular weight excluding hydrogens is 361 g/mol. The zero-order chi connectivity index (χ0) is 17.6. The second kappa shape index (κ2) is 8.84. The molecule has 0 aliphatic rings. The SMILES string of the molecule is C[Si](C)(C)CCOCOc1ccc(Cl)c(Cl)c1C(O)C[N+](=O)[O-]. The van der Waals surface area contributed by atoms with E-state index in [0.717, 1.165) is 6.04 Å². The topological polar surface area (TPSA) is 81.8 Å². The summed E-state index contributed by atoms with van der Waals surface area (Å²) in [4.78, 5) is 9.96. The molecule has 0 heterocycles. The highest BCUT2D eigenvalue weighted by molar-refractivity contribution is 6.76. The number of aliphatic hydroxyl groups excluding tert-OH is 1. The van der Waals surface area contributed by atoms with Gasteiger partial charge in [-0.25, -0.2) is 0 Å². The van der Waals surface area contributed by atoms with E-state index in [2.05, 4.69) is 19.6 Å². The van der Waals surface area contributed by atoms with E-state index in [-0.39, 0.29) is 28.2 Å². The van der Waals surface area contributed by atoms with E-state index < -0.39 is 25.6 Å². The van der Waals surface area contributed by atoms with Crippen molar-refractivity contribution in [1.29, 1.82) is 0 Å². The number of nitrogens with zero attached hydrogens (tertiary/aromatic N) is 1. The van der Waals surface area contributed by atoms with Crippen LogP contribution in [0.15, 0.2) is 12.1 Å². The molecule has 1 aromatic carbocycles. The van der Waals surface area contributed by atoms with Crippen LogP contribution in [0.4, 0.5) is 0 Å². The first kappa shape index (κ1) is 20.2. The fourth-order valence-corrected chi connectivity index (χ4v) is 2.96. The fourth-order valence-electron chi connectivity index (χ4n) is 1.76. The summed E-state index contributed by atoms with van der Waals surface area (Å²) in [6, 6.07) is 4.01. The molecule has 0 amide bonds. The van der Waals surface area contributed by atoms with Gasteiger partial charge in [0.15, 0.2) is 6.79 Å². The van der Waals surface area contributed by atoms with Crippen LogP contribution in [0.1, 0.15) is 11.7 Å². The van der Waals surface area contributed by atoms with Gasteiger partial charge in [-0.15, -0.1) is 0 Å². The standard InChI is InChI=1S/C14H21Cl2NO5Si/c1-23(2,3)7-6-21-9-22-12-5-4-10(15)14(16)13(12)11(18)8-17(19)20/h4-5,11,18H,6-9H2,1-3H3. The Morgan fingerprint density at radius 3 is 2.57 bits per heavy atom. The average molecular weight is 382 g/mol. The Morgan fingerprint density at radius 2 is 2.00 bits per heavy atom. The Balaban J connectivity index is 2.74. The second-order valence-electron chi connectivity index (χ2n) is 6.29. The first-order chi connectivity index (χ1) is 10.6. The van der Waals surface area contributed by atoms with Crippen molar-refractivity contribution in [2.45, 2.75) is 31.8 Å². The molecule has 1 atom stereocenters. The zero-order valence-electron chi connectivity index (χ0n) is 13.3. The van der Waals surface area contributed by atoms with Gasteiger partial charge in [0.05, 0.1) is 10.0 Å². The Bertz CT molecular complexity index is 551. The van der Waals surface area contributed by atoms with E-state index in [4.69, 9.17) is 32.7 Å². The minimum absolute atomic E-state index is 0.0272. The number of hydrogen-bond donors (Lipinski definition) is 1. The van der Waals surface area contributed by atoms with Crippen LogP contribution >= 0.6 is 23.2 Å².